The van der Waals surface area contributed by atoms with E-state index in [0.29, 0.717) is 6.07 Å². The molecule has 0 aliphatic carbocycles. The van der Waals surface area contributed by atoms with Crippen LogP contribution < -0.4 is 5.48 Å². The van der Waals surface area contributed by atoms with Crippen molar-refractivity contribution in [3.63, 3.8) is 0 Å². The number of rotatable bonds is 2. The van der Waals surface area contributed by atoms with Gasteiger partial charge in [0.25, 0.3) is 0 Å². The highest BCUT2D eigenvalue weighted by Crippen LogP contribution is 2.25. The van der Waals surface area contributed by atoms with E-state index in [1.165, 1.54) is 0 Å². The fourth-order valence-electron chi connectivity index (χ4n) is 0.854. The Morgan fingerprint density at radius 3 is 2.38 bits per heavy atom. The predicted octanol–water partition coefficient (Wildman–Crippen LogP) is 1.29. The minimum atomic E-state index is -1.74. The predicted molar refractivity (Wildman–Crippen MR) is 36.6 cm³/mol. The number of phenols is 1. The molecule has 1 aromatic rings. The number of hydroxylamine groups is 1. The van der Waals surface area contributed by atoms with Gasteiger partial charge in [0.15, 0.2) is 17.4 Å². The van der Waals surface area contributed by atoms with Crippen molar-refractivity contribution < 1.29 is 23.5 Å². The third-order valence-corrected chi connectivity index (χ3v) is 1.48. The van der Waals surface area contributed by atoms with Crippen LogP contribution >= 0.6 is 0 Å². The van der Waals surface area contributed by atoms with Crippen LogP contribution in [-0.2, 0) is 6.54 Å². The first-order valence-electron chi connectivity index (χ1n) is 3.30. The van der Waals surface area contributed by atoms with Gasteiger partial charge >= 0.3 is 0 Å². The summed E-state index contributed by atoms with van der Waals surface area (Å²) >= 11 is 0. The van der Waals surface area contributed by atoms with Gasteiger partial charge in [-0.15, -0.1) is 0 Å². The summed E-state index contributed by atoms with van der Waals surface area (Å²) in [5, 5.41) is 17.1. The number of hydrogen-bond donors (Lipinski definition) is 3. The summed E-state index contributed by atoms with van der Waals surface area (Å²) in [7, 11) is 0. The third kappa shape index (κ3) is 1.73. The second kappa shape index (κ2) is 3.63. The molecular formula is C7H6F3NO2. The Morgan fingerprint density at radius 1 is 1.23 bits per heavy atom. The third-order valence-electron chi connectivity index (χ3n) is 1.48. The van der Waals surface area contributed by atoms with E-state index in [9.17, 15) is 13.2 Å². The summed E-state index contributed by atoms with van der Waals surface area (Å²) in [6.07, 6.45) is 0. The number of aromatic hydroxyl groups is 1. The molecule has 0 fully saturated rings. The van der Waals surface area contributed by atoms with Crippen LogP contribution in [0.2, 0.25) is 0 Å². The van der Waals surface area contributed by atoms with E-state index in [1.807, 2.05) is 0 Å². The van der Waals surface area contributed by atoms with E-state index < -0.39 is 23.2 Å². The van der Waals surface area contributed by atoms with E-state index in [4.69, 9.17) is 10.3 Å². The highest BCUT2D eigenvalue weighted by atomic mass is 19.2. The van der Waals surface area contributed by atoms with E-state index >= 15 is 0 Å². The Labute approximate surface area is 71.4 Å². The molecule has 0 amide bonds. The molecule has 0 aliphatic heterocycles. The van der Waals surface area contributed by atoms with Crippen molar-refractivity contribution in [2.45, 2.75) is 6.54 Å². The lowest BCUT2D eigenvalue weighted by Crippen LogP contribution is -2.08. The largest absolute Gasteiger partial charge is 0.505 e. The lowest BCUT2D eigenvalue weighted by molar-refractivity contribution is 0.159. The van der Waals surface area contributed by atoms with E-state index in [0.717, 1.165) is 0 Å². The summed E-state index contributed by atoms with van der Waals surface area (Å²) in [6.45, 7) is -0.375. The van der Waals surface area contributed by atoms with Gasteiger partial charge in [-0.25, -0.2) is 14.3 Å². The van der Waals surface area contributed by atoms with Crippen molar-refractivity contribution in [2.24, 2.45) is 0 Å². The Morgan fingerprint density at radius 2 is 1.85 bits per heavy atom. The summed E-state index contributed by atoms with van der Waals surface area (Å²) in [6, 6.07) is 0.594. The normalized spacial score (nSPS) is 10.5. The van der Waals surface area contributed by atoms with Gasteiger partial charge in [0.1, 0.15) is 0 Å². The fourth-order valence-corrected chi connectivity index (χ4v) is 0.854. The van der Waals surface area contributed by atoms with Gasteiger partial charge in [-0.2, -0.15) is 4.39 Å². The summed E-state index contributed by atoms with van der Waals surface area (Å²) < 4.78 is 37.5. The van der Waals surface area contributed by atoms with Gasteiger partial charge in [0.05, 0.1) is 0 Å². The maximum absolute atomic E-state index is 12.6. The van der Waals surface area contributed by atoms with Gasteiger partial charge in [0, 0.05) is 12.1 Å². The van der Waals surface area contributed by atoms with Crippen LogP contribution in [0.15, 0.2) is 6.07 Å². The molecule has 0 saturated carbocycles. The molecule has 3 N–H and O–H groups in total. The molecule has 0 saturated heterocycles. The first kappa shape index (κ1) is 9.82. The summed E-state index contributed by atoms with van der Waals surface area (Å²) in [5.41, 5.74) is 1.32. The summed E-state index contributed by atoms with van der Waals surface area (Å²) in [5.74, 6) is -5.83. The van der Waals surface area contributed by atoms with Gasteiger partial charge in [-0.3, -0.25) is 0 Å². The van der Waals surface area contributed by atoms with Crippen LogP contribution in [0.1, 0.15) is 5.56 Å². The molecule has 0 radical (unpaired) electrons. The molecule has 72 valence electrons. The standard InChI is InChI=1S/C7H6F3NO2/c8-4-1-3(2-11-13)7(12)6(10)5(4)9/h1,11-13H,2H2. The SMILES string of the molecule is ONCc1cc(F)c(F)c(F)c1O. The lowest BCUT2D eigenvalue weighted by Gasteiger charge is -2.05. The number of phenolic OH excluding ortho intramolecular Hbond substituents is 1. The maximum Gasteiger partial charge on any atom is 0.203 e. The Kier molecular flexibility index (Phi) is 2.74. The topological polar surface area (TPSA) is 52.5 Å². The lowest BCUT2D eigenvalue weighted by atomic mass is 10.2. The average molecular weight is 193 g/mol. The van der Waals surface area contributed by atoms with Crippen molar-refractivity contribution in [1.29, 1.82) is 0 Å². The minimum absolute atomic E-state index is 0.265. The van der Waals surface area contributed by atoms with Crippen molar-refractivity contribution in [3.05, 3.63) is 29.1 Å². The molecule has 0 spiro atoms. The molecule has 6 heteroatoms. The zero-order valence-corrected chi connectivity index (χ0v) is 6.31. The molecule has 0 heterocycles. The number of benzene rings is 1. The number of nitrogens with one attached hydrogen (secondary N) is 1. The molecule has 0 aromatic heterocycles. The molecule has 0 aliphatic rings. The van der Waals surface area contributed by atoms with Crippen molar-refractivity contribution >= 4 is 0 Å². The fraction of sp³-hybridized carbons (Fsp3) is 0.143. The monoisotopic (exact) mass is 193 g/mol. The van der Waals surface area contributed by atoms with Crippen LogP contribution in [0, 0.1) is 17.5 Å². The molecule has 1 aromatic carbocycles. The van der Waals surface area contributed by atoms with Gasteiger partial charge in [-0.1, -0.05) is 0 Å². The van der Waals surface area contributed by atoms with Crippen LogP contribution in [0.25, 0.3) is 0 Å². The smallest absolute Gasteiger partial charge is 0.203 e. The minimum Gasteiger partial charge on any atom is -0.505 e. The number of halogens is 3. The van der Waals surface area contributed by atoms with Gasteiger partial charge in [0.2, 0.25) is 5.82 Å². The van der Waals surface area contributed by atoms with Crippen molar-refractivity contribution in [2.75, 3.05) is 0 Å². The second-order valence-electron chi connectivity index (χ2n) is 2.33. The zero-order chi connectivity index (χ0) is 10.0. The zero-order valence-electron chi connectivity index (χ0n) is 6.31. The van der Waals surface area contributed by atoms with Crippen molar-refractivity contribution in [3.8, 4) is 5.75 Å². The molecule has 0 bridgehead atoms. The van der Waals surface area contributed by atoms with Gasteiger partial charge in [-0.05, 0) is 6.07 Å². The number of hydrogen-bond acceptors (Lipinski definition) is 3. The summed E-state index contributed by atoms with van der Waals surface area (Å²) in [4.78, 5) is 0. The molecular weight excluding hydrogens is 187 g/mol. The quantitative estimate of drug-likeness (QED) is 0.490. The van der Waals surface area contributed by atoms with Crippen LogP contribution in [0.4, 0.5) is 13.2 Å². The second-order valence-corrected chi connectivity index (χ2v) is 2.33. The highest BCUT2D eigenvalue weighted by molar-refractivity contribution is 5.34. The Balaban J connectivity index is 3.24. The molecule has 3 nitrogen and oxygen atoms in total. The average Bonchev–Trinajstić information content (AvgIpc) is 2.11. The van der Waals surface area contributed by atoms with E-state index in [1.54, 1.807) is 5.48 Å². The Hall–Kier alpha value is -1.27. The first-order chi connectivity index (χ1) is 6.07. The van der Waals surface area contributed by atoms with Crippen LogP contribution in [-0.4, -0.2) is 10.3 Å². The molecule has 13 heavy (non-hydrogen) atoms. The highest BCUT2D eigenvalue weighted by Gasteiger charge is 2.17. The molecule has 0 atom stereocenters. The molecule has 0 unspecified atom stereocenters. The van der Waals surface area contributed by atoms with Crippen LogP contribution in [0.3, 0.4) is 0 Å². The van der Waals surface area contributed by atoms with E-state index in [2.05, 4.69) is 0 Å². The van der Waals surface area contributed by atoms with Crippen molar-refractivity contribution in [1.82, 2.24) is 5.48 Å². The van der Waals surface area contributed by atoms with Crippen LogP contribution in [0.5, 0.6) is 5.75 Å². The first-order valence-corrected chi connectivity index (χ1v) is 3.30. The maximum atomic E-state index is 12.6. The Bertz CT molecular complexity index is 330. The van der Waals surface area contributed by atoms with Gasteiger partial charge < -0.3 is 10.3 Å². The van der Waals surface area contributed by atoms with E-state index in [-0.39, 0.29) is 12.1 Å². The molecule has 1 rings (SSSR count).